The van der Waals surface area contributed by atoms with Crippen molar-refractivity contribution in [3.05, 3.63) is 47.1 Å². The van der Waals surface area contributed by atoms with Gasteiger partial charge < -0.3 is 0 Å². The van der Waals surface area contributed by atoms with Crippen LogP contribution in [0.2, 0.25) is 5.15 Å². The van der Waals surface area contributed by atoms with E-state index < -0.39 is 0 Å². The molecule has 0 spiro atoms. The first-order valence-corrected chi connectivity index (χ1v) is 7.30. The zero-order valence-electron chi connectivity index (χ0n) is 10.8. The Bertz CT molecular complexity index is 528. The zero-order chi connectivity index (χ0) is 13.1. The molecule has 1 saturated carbocycles. The van der Waals surface area contributed by atoms with Crippen LogP contribution in [0.4, 0.5) is 0 Å². The summed E-state index contributed by atoms with van der Waals surface area (Å²) in [6, 6.07) is 12.4. The van der Waals surface area contributed by atoms with E-state index in [0.29, 0.717) is 5.15 Å². The molecule has 1 heterocycles. The highest BCUT2D eigenvalue weighted by Gasteiger charge is 2.15. The molecule has 0 atom stereocenters. The molecule has 2 nitrogen and oxygen atoms in total. The van der Waals surface area contributed by atoms with Crippen LogP contribution in [0, 0.1) is 0 Å². The van der Waals surface area contributed by atoms with Crippen LogP contribution in [0.5, 0.6) is 0 Å². The average molecular weight is 273 g/mol. The minimum absolute atomic E-state index is 0.433. The fraction of sp³-hybridized carbons (Fsp3) is 0.375. The van der Waals surface area contributed by atoms with Crippen molar-refractivity contribution in [2.45, 2.75) is 38.0 Å². The number of rotatable bonds is 2. The Kier molecular flexibility index (Phi) is 3.79. The van der Waals surface area contributed by atoms with Crippen LogP contribution < -0.4 is 0 Å². The summed E-state index contributed by atoms with van der Waals surface area (Å²) in [6.45, 7) is 0. The number of halogens is 1. The van der Waals surface area contributed by atoms with Crippen LogP contribution in [0.15, 0.2) is 36.4 Å². The first-order chi connectivity index (χ1) is 9.33. The number of nitrogens with zero attached hydrogens (tertiary/aromatic N) is 2. The fourth-order valence-electron chi connectivity index (χ4n) is 2.83. The first kappa shape index (κ1) is 12.6. The Hall–Kier alpha value is -1.41. The lowest BCUT2D eigenvalue weighted by Crippen LogP contribution is -2.04. The molecule has 0 radical (unpaired) electrons. The number of aromatic nitrogens is 2. The summed E-state index contributed by atoms with van der Waals surface area (Å²) < 4.78 is 0. The number of hydrogen-bond acceptors (Lipinski definition) is 2. The molecule has 3 rings (SSSR count). The van der Waals surface area contributed by atoms with Crippen molar-refractivity contribution in [2.24, 2.45) is 0 Å². The first-order valence-electron chi connectivity index (χ1n) is 6.92. The summed E-state index contributed by atoms with van der Waals surface area (Å²) in [5, 5.41) is 8.42. The molecule has 1 aromatic carbocycles. The third kappa shape index (κ3) is 2.95. The van der Waals surface area contributed by atoms with E-state index in [9.17, 15) is 0 Å². The molecule has 98 valence electrons. The van der Waals surface area contributed by atoms with E-state index in [1.54, 1.807) is 6.07 Å². The molecule has 0 N–H and O–H groups in total. The van der Waals surface area contributed by atoms with Gasteiger partial charge in [0.05, 0.1) is 5.69 Å². The molecule has 1 aromatic heterocycles. The lowest BCUT2D eigenvalue weighted by molar-refractivity contribution is 0.443. The summed E-state index contributed by atoms with van der Waals surface area (Å²) >= 11 is 5.75. The topological polar surface area (TPSA) is 25.8 Å². The van der Waals surface area contributed by atoms with E-state index in [1.165, 1.54) is 37.7 Å². The predicted molar refractivity (Wildman–Crippen MR) is 78.3 cm³/mol. The normalized spacial score (nSPS) is 16.5. The van der Waals surface area contributed by atoms with E-state index in [0.717, 1.165) is 17.2 Å². The molecule has 2 aromatic rings. The van der Waals surface area contributed by atoms with Gasteiger partial charge in [0.15, 0.2) is 5.15 Å². The molecule has 1 fully saturated rings. The Morgan fingerprint density at radius 2 is 1.58 bits per heavy atom. The largest absolute Gasteiger partial charge is 0.151 e. The maximum absolute atomic E-state index is 5.75. The molecular formula is C16H17ClN2. The molecule has 3 heteroatoms. The molecule has 19 heavy (non-hydrogen) atoms. The second-order valence-electron chi connectivity index (χ2n) is 5.20. The van der Waals surface area contributed by atoms with Gasteiger partial charge in [0.2, 0.25) is 0 Å². The SMILES string of the molecule is Clc1ccc(-c2ccc(C3CCCCC3)cc2)nn1. The van der Waals surface area contributed by atoms with Gasteiger partial charge in [0.1, 0.15) is 0 Å². The van der Waals surface area contributed by atoms with Crippen molar-refractivity contribution in [3.63, 3.8) is 0 Å². The maximum Gasteiger partial charge on any atom is 0.151 e. The highest BCUT2D eigenvalue weighted by Crippen LogP contribution is 2.33. The van der Waals surface area contributed by atoms with Crippen molar-refractivity contribution in [2.75, 3.05) is 0 Å². The average Bonchev–Trinajstić information content (AvgIpc) is 2.49. The minimum Gasteiger partial charge on any atom is -0.149 e. The highest BCUT2D eigenvalue weighted by atomic mass is 35.5. The van der Waals surface area contributed by atoms with Crippen LogP contribution in [0.25, 0.3) is 11.3 Å². The van der Waals surface area contributed by atoms with Gasteiger partial charge in [-0.2, -0.15) is 0 Å². The van der Waals surface area contributed by atoms with E-state index in [-0.39, 0.29) is 0 Å². The second-order valence-corrected chi connectivity index (χ2v) is 5.59. The van der Waals surface area contributed by atoms with E-state index in [4.69, 9.17) is 11.6 Å². The van der Waals surface area contributed by atoms with Crippen LogP contribution in [0.3, 0.4) is 0 Å². The monoisotopic (exact) mass is 272 g/mol. The Morgan fingerprint density at radius 1 is 0.842 bits per heavy atom. The molecular weight excluding hydrogens is 256 g/mol. The van der Waals surface area contributed by atoms with Gasteiger partial charge in [-0.05, 0) is 36.5 Å². The zero-order valence-corrected chi connectivity index (χ0v) is 11.6. The molecule has 0 unspecified atom stereocenters. The Morgan fingerprint density at radius 3 is 2.21 bits per heavy atom. The molecule has 0 saturated heterocycles. The number of benzene rings is 1. The molecule has 1 aliphatic carbocycles. The van der Waals surface area contributed by atoms with Gasteiger partial charge >= 0.3 is 0 Å². The maximum atomic E-state index is 5.75. The smallest absolute Gasteiger partial charge is 0.149 e. The van der Waals surface area contributed by atoms with E-state index >= 15 is 0 Å². The van der Waals surface area contributed by atoms with Crippen molar-refractivity contribution < 1.29 is 0 Å². The van der Waals surface area contributed by atoms with Gasteiger partial charge in [-0.1, -0.05) is 55.1 Å². The van der Waals surface area contributed by atoms with Crippen LogP contribution in [0.1, 0.15) is 43.6 Å². The quantitative estimate of drug-likeness (QED) is 0.781. The third-order valence-electron chi connectivity index (χ3n) is 3.92. The Labute approximate surface area is 118 Å². The van der Waals surface area contributed by atoms with Crippen LogP contribution in [-0.2, 0) is 0 Å². The lowest BCUT2D eigenvalue weighted by Gasteiger charge is -2.22. The van der Waals surface area contributed by atoms with Crippen molar-refractivity contribution in [1.82, 2.24) is 10.2 Å². The standard InChI is InChI=1S/C16H17ClN2/c17-16-11-10-15(18-19-16)14-8-6-13(7-9-14)12-4-2-1-3-5-12/h6-12H,1-5H2. The van der Waals surface area contributed by atoms with Crippen LogP contribution >= 0.6 is 11.6 Å². The Balaban J connectivity index is 1.80. The van der Waals surface area contributed by atoms with Gasteiger partial charge in [-0.25, -0.2) is 0 Å². The van der Waals surface area contributed by atoms with E-state index in [2.05, 4.69) is 34.5 Å². The van der Waals surface area contributed by atoms with Crippen LogP contribution in [-0.4, -0.2) is 10.2 Å². The van der Waals surface area contributed by atoms with Crippen molar-refractivity contribution in [3.8, 4) is 11.3 Å². The summed E-state index contributed by atoms with van der Waals surface area (Å²) in [5.41, 5.74) is 3.44. The van der Waals surface area contributed by atoms with Gasteiger partial charge in [-0.15, -0.1) is 10.2 Å². The molecule has 1 aliphatic rings. The fourth-order valence-corrected chi connectivity index (χ4v) is 2.93. The molecule has 0 bridgehead atoms. The van der Waals surface area contributed by atoms with Gasteiger partial charge in [0, 0.05) is 5.56 Å². The highest BCUT2D eigenvalue weighted by molar-refractivity contribution is 6.29. The lowest BCUT2D eigenvalue weighted by atomic mass is 9.84. The molecule has 0 amide bonds. The predicted octanol–water partition coefficient (Wildman–Crippen LogP) is 4.84. The van der Waals surface area contributed by atoms with Gasteiger partial charge in [0.25, 0.3) is 0 Å². The van der Waals surface area contributed by atoms with Crippen molar-refractivity contribution >= 4 is 11.6 Å². The minimum atomic E-state index is 0.433. The summed E-state index contributed by atoms with van der Waals surface area (Å²) in [5.74, 6) is 0.749. The second kappa shape index (κ2) is 5.70. The summed E-state index contributed by atoms with van der Waals surface area (Å²) in [7, 11) is 0. The van der Waals surface area contributed by atoms with E-state index in [1.807, 2.05) is 6.07 Å². The van der Waals surface area contributed by atoms with Gasteiger partial charge in [-0.3, -0.25) is 0 Å². The molecule has 0 aliphatic heterocycles. The summed E-state index contributed by atoms with van der Waals surface area (Å²) in [6.07, 6.45) is 6.80. The number of hydrogen-bond donors (Lipinski definition) is 0. The third-order valence-corrected chi connectivity index (χ3v) is 4.12. The van der Waals surface area contributed by atoms with Crippen molar-refractivity contribution in [1.29, 1.82) is 0 Å². The summed E-state index contributed by atoms with van der Waals surface area (Å²) in [4.78, 5) is 0.